The molecular weight excluding hydrogens is 384 g/mol. The third-order valence-corrected chi connectivity index (χ3v) is 6.52. The van der Waals surface area contributed by atoms with Gasteiger partial charge in [-0.2, -0.15) is 0 Å². The number of benzene rings is 2. The lowest BCUT2D eigenvalue weighted by atomic mass is 9.77. The zero-order valence-electron chi connectivity index (χ0n) is 17.5. The molecule has 160 valence electrons. The molecule has 0 bridgehead atoms. The van der Waals surface area contributed by atoms with E-state index in [9.17, 15) is 0 Å². The zero-order chi connectivity index (χ0) is 20.7. The van der Waals surface area contributed by atoms with Crippen LogP contribution in [0.1, 0.15) is 28.2 Å². The van der Waals surface area contributed by atoms with Crippen LogP contribution in [0.25, 0.3) is 0 Å². The summed E-state index contributed by atoms with van der Waals surface area (Å²) in [6.45, 7) is 0.409. The standard InChI is InChI=1S/C24H28O6/c1-25-21-20-18(29-24(27-3)22(21)26-2)13-28-23(30-20)19-16-10-6-4-8-14(16)12-15-9-5-7-11-17(15)19/h4-11,18-24H,12-13H2,1-3H3/t18-,20-,21+,22-,23?,24+/m1/s1. The lowest BCUT2D eigenvalue weighted by molar-refractivity contribution is -0.362. The maximum atomic E-state index is 6.56. The van der Waals surface area contributed by atoms with Gasteiger partial charge in [0, 0.05) is 21.3 Å². The van der Waals surface area contributed by atoms with Gasteiger partial charge in [-0.15, -0.1) is 0 Å². The average molecular weight is 412 g/mol. The maximum Gasteiger partial charge on any atom is 0.186 e. The Balaban J connectivity index is 1.48. The van der Waals surface area contributed by atoms with Crippen LogP contribution in [0, 0.1) is 0 Å². The smallest absolute Gasteiger partial charge is 0.186 e. The predicted molar refractivity (Wildman–Crippen MR) is 109 cm³/mol. The number of rotatable bonds is 4. The summed E-state index contributed by atoms with van der Waals surface area (Å²) in [5, 5.41) is 0. The third kappa shape index (κ3) is 3.28. The quantitative estimate of drug-likeness (QED) is 0.770. The zero-order valence-corrected chi connectivity index (χ0v) is 17.5. The molecule has 5 rings (SSSR count). The molecule has 0 amide bonds. The number of methoxy groups -OCH3 is 3. The normalized spacial score (nSPS) is 33.4. The van der Waals surface area contributed by atoms with Gasteiger partial charge in [-0.1, -0.05) is 48.5 Å². The van der Waals surface area contributed by atoms with Crippen molar-refractivity contribution in [3.63, 3.8) is 0 Å². The van der Waals surface area contributed by atoms with E-state index in [2.05, 4.69) is 48.5 Å². The molecule has 6 nitrogen and oxygen atoms in total. The summed E-state index contributed by atoms with van der Waals surface area (Å²) in [5.74, 6) is -0.00857. The van der Waals surface area contributed by atoms with E-state index in [4.69, 9.17) is 28.4 Å². The number of ether oxygens (including phenoxy) is 6. The van der Waals surface area contributed by atoms with Crippen LogP contribution in [0.4, 0.5) is 0 Å². The van der Waals surface area contributed by atoms with Crippen molar-refractivity contribution in [2.75, 3.05) is 27.9 Å². The van der Waals surface area contributed by atoms with Gasteiger partial charge in [0.25, 0.3) is 0 Å². The molecule has 0 aromatic heterocycles. The van der Waals surface area contributed by atoms with Crippen LogP contribution in [0.5, 0.6) is 0 Å². The summed E-state index contributed by atoms with van der Waals surface area (Å²) in [7, 11) is 4.91. The molecule has 6 atom stereocenters. The van der Waals surface area contributed by atoms with Crippen molar-refractivity contribution in [2.24, 2.45) is 0 Å². The second-order valence-corrected chi connectivity index (χ2v) is 8.03. The highest BCUT2D eigenvalue weighted by atomic mass is 16.8. The van der Waals surface area contributed by atoms with E-state index in [-0.39, 0.29) is 30.3 Å². The molecule has 2 saturated heterocycles. The van der Waals surface area contributed by atoms with Gasteiger partial charge in [0.05, 0.1) is 12.5 Å². The minimum absolute atomic E-state index is 0.00857. The predicted octanol–water partition coefficient (Wildman–Crippen LogP) is 2.87. The van der Waals surface area contributed by atoms with E-state index >= 15 is 0 Å². The molecule has 6 heteroatoms. The first kappa shape index (κ1) is 20.1. The fraction of sp³-hybridized carbons (Fsp3) is 0.500. The van der Waals surface area contributed by atoms with Crippen LogP contribution in [0.15, 0.2) is 48.5 Å². The fourth-order valence-corrected chi connectivity index (χ4v) is 5.10. The first-order valence-electron chi connectivity index (χ1n) is 10.4. The van der Waals surface area contributed by atoms with Crippen LogP contribution < -0.4 is 0 Å². The first-order chi connectivity index (χ1) is 14.7. The van der Waals surface area contributed by atoms with Gasteiger partial charge in [0.15, 0.2) is 12.6 Å². The molecule has 2 fully saturated rings. The third-order valence-electron chi connectivity index (χ3n) is 6.52. The number of hydrogen-bond acceptors (Lipinski definition) is 6. The molecular formula is C24H28O6. The van der Waals surface area contributed by atoms with Crippen molar-refractivity contribution >= 4 is 0 Å². The molecule has 1 aliphatic carbocycles. The van der Waals surface area contributed by atoms with Crippen molar-refractivity contribution in [3.8, 4) is 0 Å². The van der Waals surface area contributed by atoms with Crippen LogP contribution in [0.3, 0.4) is 0 Å². The van der Waals surface area contributed by atoms with Gasteiger partial charge in [0.1, 0.15) is 24.4 Å². The van der Waals surface area contributed by atoms with E-state index in [1.165, 1.54) is 22.3 Å². The summed E-state index contributed by atoms with van der Waals surface area (Å²) in [5.41, 5.74) is 5.13. The molecule has 1 unspecified atom stereocenters. The van der Waals surface area contributed by atoms with Crippen LogP contribution in [0.2, 0.25) is 0 Å². The Morgan fingerprint density at radius 2 is 1.40 bits per heavy atom. The number of fused-ring (bicyclic) bond motifs is 3. The van der Waals surface area contributed by atoms with E-state index < -0.39 is 12.6 Å². The van der Waals surface area contributed by atoms with Gasteiger partial charge in [-0.25, -0.2) is 0 Å². The average Bonchev–Trinajstić information content (AvgIpc) is 2.80. The van der Waals surface area contributed by atoms with E-state index in [1.54, 1.807) is 21.3 Å². The Bertz CT molecular complexity index is 840. The van der Waals surface area contributed by atoms with Gasteiger partial charge >= 0.3 is 0 Å². The summed E-state index contributed by atoms with van der Waals surface area (Å²) < 4.78 is 35.8. The van der Waals surface area contributed by atoms with Crippen LogP contribution in [-0.4, -0.2) is 64.9 Å². The maximum absolute atomic E-state index is 6.56. The Morgan fingerprint density at radius 3 is 2.00 bits per heavy atom. The molecule has 2 aromatic rings. The monoisotopic (exact) mass is 412 g/mol. The Morgan fingerprint density at radius 1 is 0.767 bits per heavy atom. The summed E-state index contributed by atoms with van der Waals surface area (Å²) in [6.07, 6.45) is -1.34. The first-order valence-corrected chi connectivity index (χ1v) is 10.4. The minimum Gasteiger partial charge on any atom is -0.376 e. The molecule has 30 heavy (non-hydrogen) atoms. The molecule has 0 spiro atoms. The lowest BCUT2D eigenvalue weighted by Gasteiger charge is -2.49. The van der Waals surface area contributed by atoms with Crippen molar-refractivity contribution in [3.05, 3.63) is 70.8 Å². The largest absolute Gasteiger partial charge is 0.376 e. The van der Waals surface area contributed by atoms with Crippen molar-refractivity contribution < 1.29 is 28.4 Å². The summed E-state index contributed by atoms with van der Waals surface area (Å²) >= 11 is 0. The van der Waals surface area contributed by atoms with Crippen molar-refractivity contribution in [1.29, 1.82) is 0 Å². The van der Waals surface area contributed by atoms with E-state index in [0.29, 0.717) is 6.61 Å². The SMILES string of the molecule is CO[C@H]1O[C@@H]2COC(C3c4ccccc4Cc4ccccc43)O[C@H]2[C@H](OC)[C@H]1OC. The molecule has 2 aromatic carbocycles. The van der Waals surface area contributed by atoms with Gasteiger partial charge in [0.2, 0.25) is 0 Å². The Hall–Kier alpha value is -1.80. The van der Waals surface area contributed by atoms with E-state index in [1.807, 2.05) is 0 Å². The Kier molecular flexibility index (Phi) is 5.62. The highest BCUT2D eigenvalue weighted by molar-refractivity contribution is 5.49. The minimum atomic E-state index is -0.527. The molecule has 0 saturated carbocycles. The Labute approximate surface area is 177 Å². The molecule has 3 aliphatic rings. The molecule has 0 N–H and O–H groups in total. The number of hydrogen-bond donors (Lipinski definition) is 0. The summed E-state index contributed by atoms with van der Waals surface area (Å²) in [4.78, 5) is 0. The van der Waals surface area contributed by atoms with Gasteiger partial charge < -0.3 is 28.4 Å². The lowest BCUT2D eigenvalue weighted by Crippen LogP contribution is -2.64. The van der Waals surface area contributed by atoms with E-state index in [0.717, 1.165) is 6.42 Å². The van der Waals surface area contributed by atoms with Crippen molar-refractivity contribution in [1.82, 2.24) is 0 Å². The highest BCUT2D eigenvalue weighted by Crippen LogP contribution is 2.43. The van der Waals surface area contributed by atoms with Gasteiger partial charge in [-0.05, 0) is 28.7 Å². The molecule has 2 heterocycles. The second-order valence-electron chi connectivity index (χ2n) is 8.03. The molecule has 2 aliphatic heterocycles. The second kappa shape index (κ2) is 8.38. The molecule has 0 radical (unpaired) electrons. The van der Waals surface area contributed by atoms with Crippen LogP contribution >= 0.6 is 0 Å². The van der Waals surface area contributed by atoms with Gasteiger partial charge in [-0.3, -0.25) is 0 Å². The summed E-state index contributed by atoms with van der Waals surface area (Å²) in [6, 6.07) is 17.1. The fourth-order valence-electron chi connectivity index (χ4n) is 5.10. The topological polar surface area (TPSA) is 55.4 Å². The van der Waals surface area contributed by atoms with Crippen LogP contribution in [-0.2, 0) is 34.8 Å². The van der Waals surface area contributed by atoms with Crippen molar-refractivity contribution in [2.45, 2.75) is 49.3 Å². The highest BCUT2D eigenvalue weighted by Gasteiger charge is 2.52.